The zero-order valence-electron chi connectivity index (χ0n) is 12.0. The summed E-state index contributed by atoms with van der Waals surface area (Å²) >= 11 is 0. The Bertz CT molecular complexity index is 473. The predicted molar refractivity (Wildman–Crippen MR) is 74.1 cm³/mol. The van der Waals surface area contributed by atoms with Crippen LogP contribution in [0.3, 0.4) is 0 Å². The number of carbonyl (C=O) groups is 1. The fourth-order valence-electron chi connectivity index (χ4n) is 2.48. The summed E-state index contributed by atoms with van der Waals surface area (Å²) in [5, 5.41) is 9.32. The van der Waals surface area contributed by atoms with Crippen LogP contribution in [0.4, 0.5) is 0 Å². The van der Waals surface area contributed by atoms with Crippen molar-refractivity contribution < 1.29 is 17.9 Å². The lowest BCUT2D eigenvalue weighted by molar-refractivity contribution is -0.140. The Kier molecular flexibility index (Phi) is 5.96. The fraction of sp³-hybridized carbons (Fsp3) is 0.846. The molecule has 1 rings (SSSR count). The highest BCUT2D eigenvalue weighted by atomic mass is 32.2. The number of nitrogens with one attached hydrogen (secondary N) is 1. The maximum Gasteiger partial charge on any atom is 0.306 e. The van der Waals surface area contributed by atoms with Gasteiger partial charge in [-0.3, -0.25) is 4.79 Å². The number of hydrogen-bond donors (Lipinski definition) is 1. The van der Waals surface area contributed by atoms with Crippen LogP contribution in [0.1, 0.15) is 45.4 Å². The van der Waals surface area contributed by atoms with E-state index in [0.29, 0.717) is 18.8 Å². The Morgan fingerprint density at radius 3 is 2.50 bits per heavy atom. The van der Waals surface area contributed by atoms with Crippen LogP contribution >= 0.6 is 0 Å². The molecule has 0 unspecified atom stereocenters. The summed E-state index contributed by atoms with van der Waals surface area (Å²) in [5.74, 6) is -0.354. The van der Waals surface area contributed by atoms with Crippen LogP contribution < -0.4 is 4.72 Å². The minimum atomic E-state index is -3.65. The highest BCUT2D eigenvalue weighted by Gasteiger charge is 2.38. The van der Waals surface area contributed by atoms with Crippen molar-refractivity contribution in [3.63, 3.8) is 0 Å². The quantitative estimate of drug-likeness (QED) is 0.747. The molecule has 0 aromatic rings. The van der Waals surface area contributed by atoms with Gasteiger partial charge in [-0.2, -0.15) is 9.98 Å². The molecule has 0 aromatic carbocycles. The van der Waals surface area contributed by atoms with E-state index in [4.69, 9.17) is 0 Å². The second-order valence-electron chi connectivity index (χ2n) is 5.29. The molecule has 1 saturated carbocycles. The summed E-state index contributed by atoms with van der Waals surface area (Å²) in [5.41, 5.74) is -1.01. The first kappa shape index (κ1) is 16.9. The first-order valence-electron chi connectivity index (χ1n) is 6.86. The van der Waals surface area contributed by atoms with E-state index in [1.807, 2.05) is 0 Å². The maximum atomic E-state index is 12.0. The molecule has 1 aliphatic carbocycles. The fourth-order valence-corrected chi connectivity index (χ4v) is 3.87. The number of nitrogens with zero attached hydrogens (tertiary/aromatic N) is 1. The average molecular weight is 302 g/mol. The second-order valence-corrected chi connectivity index (χ2v) is 7.13. The van der Waals surface area contributed by atoms with Crippen LogP contribution in [0.2, 0.25) is 0 Å². The van der Waals surface area contributed by atoms with Gasteiger partial charge in [0.05, 0.1) is 25.4 Å². The van der Waals surface area contributed by atoms with Gasteiger partial charge < -0.3 is 4.74 Å². The molecule has 0 amide bonds. The zero-order chi connectivity index (χ0) is 15.2. The highest BCUT2D eigenvalue weighted by molar-refractivity contribution is 7.89. The number of ether oxygens (including phenoxy) is 1. The molecule has 7 heteroatoms. The molecule has 0 spiro atoms. The highest BCUT2D eigenvalue weighted by Crippen LogP contribution is 2.33. The lowest BCUT2D eigenvalue weighted by Crippen LogP contribution is -2.50. The normalized spacial score (nSPS) is 26.8. The molecule has 0 radical (unpaired) electrons. The Balaban J connectivity index is 2.64. The summed E-state index contributed by atoms with van der Waals surface area (Å²) < 4.78 is 30.8. The molecule has 0 bridgehead atoms. The van der Waals surface area contributed by atoms with Crippen molar-refractivity contribution in [1.29, 1.82) is 5.26 Å². The van der Waals surface area contributed by atoms with Crippen LogP contribution in [0.25, 0.3) is 0 Å². The molecule has 20 heavy (non-hydrogen) atoms. The van der Waals surface area contributed by atoms with Crippen molar-refractivity contribution in [3.8, 4) is 6.07 Å². The Morgan fingerprint density at radius 1 is 1.45 bits per heavy atom. The van der Waals surface area contributed by atoms with Crippen molar-refractivity contribution in [3.05, 3.63) is 0 Å². The number of methoxy groups -OCH3 is 1. The monoisotopic (exact) mass is 302 g/mol. The van der Waals surface area contributed by atoms with Gasteiger partial charge in [0, 0.05) is 0 Å². The average Bonchev–Trinajstić information content (AvgIpc) is 2.45. The minimum absolute atomic E-state index is 0.203. The summed E-state index contributed by atoms with van der Waals surface area (Å²) in [4.78, 5) is 11.0. The van der Waals surface area contributed by atoms with Gasteiger partial charge in [0.1, 0.15) is 5.54 Å². The van der Waals surface area contributed by atoms with Crippen LogP contribution in [0.5, 0.6) is 0 Å². The molecule has 1 N–H and O–H groups in total. The van der Waals surface area contributed by atoms with Crippen molar-refractivity contribution >= 4 is 16.0 Å². The molecule has 0 saturated heterocycles. The summed E-state index contributed by atoms with van der Waals surface area (Å²) in [6.45, 7) is 2.10. The van der Waals surface area contributed by atoms with E-state index < -0.39 is 21.5 Å². The standard InChI is InChI=1S/C13H22N2O4S/c1-3-11-4-7-13(10-14,8-5-11)15-20(17,18)9-6-12(16)19-2/h11,15H,3-9H2,1-2H3. The number of sulfonamides is 1. The van der Waals surface area contributed by atoms with Crippen LogP contribution in [-0.2, 0) is 19.6 Å². The van der Waals surface area contributed by atoms with Gasteiger partial charge in [-0.25, -0.2) is 8.42 Å². The van der Waals surface area contributed by atoms with Gasteiger partial charge in [0.25, 0.3) is 0 Å². The largest absolute Gasteiger partial charge is 0.469 e. The number of hydrogen-bond acceptors (Lipinski definition) is 5. The molecule has 1 aliphatic rings. The van der Waals surface area contributed by atoms with Crippen molar-refractivity contribution in [2.75, 3.05) is 12.9 Å². The third kappa shape index (κ3) is 4.76. The Morgan fingerprint density at radius 2 is 2.05 bits per heavy atom. The summed E-state index contributed by atoms with van der Waals surface area (Å²) in [6.07, 6.45) is 3.60. The zero-order valence-corrected chi connectivity index (χ0v) is 12.8. The van der Waals surface area contributed by atoms with Gasteiger partial charge in [0.15, 0.2) is 0 Å². The Labute approximate surface area is 120 Å². The molecule has 0 heterocycles. The van der Waals surface area contributed by atoms with Gasteiger partial charge in [-0.15, -0.1) is 0 Å². The lowest BCUT2D eigenvalue weighted by atomic mass is 9.77. The molecular formula is C13H22N2O4S. The van der Waals surface area contributed by atoms with E-state index in [9.17, 15) is 18.5 Å². The van der Waals surface area contributed by atoms with Crippen molar-refractivity contribution in [2.24, 2.45) is 5.92 Å². The van der Waals surface area contributed by atoms with Gasteiger partial charge in [0.2, 0.25) is 10.0 Å². The number of nitriles is 1. The van der Waals surface area contributed by atoms with E-state index in [0.717, 1.165) is 19.3 Å². The van der Waals surface area contributed by atoms with E-state index in [1.165, 1.54) is 7.11 Å². The predicted octanol–water partition coefficient (Wildman–Crippen LogP) is 1.33. The molecular weight excluding hydrogens is 280 g/mol. The van der Waals surface area contributed by atoms with E-state index in [2.05, 4.69) is 22.5 Å². The molecule has 6 nitrogen and oxygen atoms in total. The summed E-state index contributed by atoms with van der Waals surface area (Å²) in [7, 11) is -2.44. The number of carbonyl (C=O) groups excluding carboxylic acids is 1. The van der Waals surface area contributed by atoms with E-state index >= 15 is 0 Å². The van der Waals surface area contributed by atoms with Gasteiger partial charge in [-0.1, -0.05) is 13.3 Å². The first-order chi connectivity index (χ1) is 9.36. The number of esters is 1. The van der Waals surface area contributed by atoms with E-state index in [1.54, 1.807) is 0 Å². The summed E-state index contributed by atoms with van der Waals surface area (Å²) in [6, 6.07) is 2.11. The van der Waals surface area contributed by atoms with Crippen LogP contribution in [0, 0.1) is 17.2 Å². The Hall–Kier alpha value is -1.13. The molecule has 114 valence electrons. The smallest absolute Gasteiger partial charge is 0.306 e. The second kappa shape index (κ2) is 7.04. The molecule has 0 atom stereocenters. The maximum absolute atomic E-state index is 12.0. The molecule has 1 fully saturated rings. The van der Waals surface area contributed by atoms with Crippen LogP contribution in [0.15, 0.2) is 0 Å². The SMILES string of the molecule is CCC1CCC(C#N)(NS(=O)(=O)CCC(=O)OC)CC1. The first-order valence-corrected chi connectivity index (χ1v) is 8.51. The van der Waals surface area contributed by atoms with Crippen LogP contribution in [-0.4, -0.2) is 32.8 Å². The topological polar surface area (TPSA) is 96.3 Å². The minimum Gasteiger partial charge on any atom is -0.469 e. The van der Waals surface area contributed by atoms with E-state index in [-0.39, 0.29) is 12.2 Å². The van der Waals surface area contributed by atoms with Gasteiger partial charge >= 0.3 is 5.97 Å². The third-order valence-corrected chi connectivity index (χ3v) is 5.35. The third-order valence-electron chi connectivity index (χ3n) is 3.90. The molecule has 0 aromatic heterocycles. The molecule has 0 aliphatic heterocycles. The lowest BCUT2D eigenvalue weighted by Gasteiger charge is -2.34. The van der Waals surface area contributed by atoms with Gasteiger partial charge in [-0.05, 0) is 31.6 Å². The van der Waals surface area contributed by atoms with Crippen molar-refractivity contribution in [2.45, 2.75) is 51.0 Å². The van der Waals surface area contributed by atoms with Crippen molar-refractivity contribution in [1.82, 2.24) is 4.72 Å². The number of rotatable bonds is 6.